The molecule has 3 N–H and O–H groups in total. The summed E-state index contributed by atoms with van der Waals surface area (Å²) in [5, 5.41) is 17.8. The molecule has 1 aromatic heterocycles. The number of para-hydroxylation sites is 1. The predicted molar refractivity (Wildman–Crippen MR) is 99.1 cm³/mol. The van der Waals surface area contributed by atoms with E-state index in [2.05, 4.69) is 11.6 Å². The Labute approximate surface area is 153 Å². The Balaban J connectivity index is 2.17. The van der Waals surface area contributed by atoms with Crippen LogP contribution in [-0.2, 0) is 6.54 Å². The second-order valence-corrected chi connectivity index (χ2v) is 6.15. The molecular formula is C17H14ClN3O3S. The van der Waals surface area contributed by atoms with Gasteiger partial charge in [0.05, 0.1) is 5.38 Å². The lowest BCUT2D eigenvalue weighted by atomic mass is 9.99. The number of aromatic hydroxyl groups is 1. The van der Waals surface area contributed by atoms with Crippen LogP contribution in [0, 0.1) is 10.2 Å². The van der Waals surface area contributed by atoms with Gasteiger partial charge >= 0.3 is 0 Å². The van der Waals surface area contributed by atoms with E-state index < -0.39 is 10.9 Å². The summed E-state index contributed by atoms with van der Waals surface area (Å²) in [5.74, 6) is -0.0164. The average molecular weight is 376 g/mol. The number of benzene rings is 1. The van der Waals surface area contributed by atoms with Crippen molar-refractivity contribution in [2.75, 3.05) is 0 Å². The summed E-state index contributed by atoms with van der Waals surface area (Å²) in [6.45, 7) is 3.82. The van der Waals surface area contributed by atoms with Crippen LogP contribution in [0.2, 0.25) is 0 Å². The zero-order valence-electron chi connectivity index (χ0n) is 13.0. The SMILES string of the molecule is C=CCn1c(O)c(C=C2C(=N)Oc3ccccc3C2Cl)c(=O)[nH]c1=S. The number of halogens is 1. The van der Waals surface area contributed by atoms with Crippen LogP contribution in [0.4, 0.5) is 0 Å². The maximum absolute atomic E-state index is 12.2. The van der Waals surface area contributed by atoms with Gasteiger partial charge in [-0.15, -0.1) is 18.2 Å². The monoisotopic (exact) mass is 375 g/mol. The normalized spacial score (nSPS) is 17.9. The second-order valence-electron chi connectivity index (χ2n) is 5.33. The van der Waals surface area contributed by atoms with Crippen LogP contribution in [0.5, 0.6) is 11.6 Å². The highest BCUT2D eigenvalue weighted by molar-refractivity contribution is 7.71. The molecule has 1 unspecified atom stereocenters. The van der Waals surface area contributed by atoms with Crippen LogP contribution in [0.15, 0.2) is 47.3 Å². The number of ether oxygens (including phenoxy) is 1. The number of H-pyrrole nitrogens is 1. The van der Waals surface area contributed by atoms with Crippen molar-refractivity contribution in [3.05, 3.63) is 68.7 Å². The third-order valence-corrected chi connectivity index (χ3v) is 4.55. The van der Waals surface area contributed by atoms with Crippen LogP contribution < -0.4 is 10.3 Å². The Morgan fingerprint density at radius 2 is 2.20 bits per heavy atom. The molecule has 0 saturated heterocycles. The van der Waals surface area contributed by atoms with Gasteiger partial charge in [0, 0.05) is 17.7 Å². The molecule has 0 bridgehead atoms. The van der Waals surface area contributed by atoms with Gasteiger partial charge in [-0.05, 0) is 24.4 Å². The molecule has 0 radical (unpaired) electrons. The van der Waals surface area contributed by atoms with E-state index in [0.717, 1.165) is 0 Å². The molecule has 0 fully saturated rings. The Morgan fingerprint density at radius 1 is 1.48 bits per heavy atom. The Kier molecular flexibility index (Phi) is 4.61. The summed E-state index contributed by atoms with van der Waals surface area (Å²) in [6.07, 6.45) is 2.88. The van der Waals surface area contributed by atoms with Gasteiger partial charge in [0.15, 0.2) is 4.77 Å². The standard InChI is InChI=1S/C17H14ClN3O3S/c1-2-7-21-16(23)11(15(22)20-17(21)25)8-10-13(18)9-5-3-4-6-12(9)24-14(10)19/h2-6,8,13,19,23H,1,7H2,(H,20,22,25). The van der Waals surface area contributed by atoms with Crippen LogP contribution in [0.1, 0.15) is 16.5 Å². The molecule has 0 spiro atoms. The van der Waals surface area contributed by atoms with Crippen molar-refractivity contribution in [2.45, 2.75) is 11.9 Å². The summed E-state index contributed by atoms with van der Waals surface area (Å²) in [6, 6.07) is 7.08. The first-order valence-electron chi connectivity index (χ1n) is 7.32. The molecule has 0 saturated carbocycles. The van der Waals surface area contributed by atoms with E-state index in [1.54, 1.807) is 24.3 Å². The lowest BCUT2D eigenvalue weighted by molar-refractivity contribution is 0.412. The third kappa shape index (κ3) is 3.04. The van der Waals surface area contributed by atoms with E-state index in [-0.39, 0.29) is 34.2 Å². The maximum atomic E-state index is 12.2. The fourth-order valence-electron chi connectivity index (χ4n) is 2.53. The van der Waals surface area contributed by atoms with Gasteiger partial charge in [0.2, 0.25) is 11.8 Å². The van der Waals surface area contributed by atoms with Crippen molar-refractivity contribution < 1.29 is 9.84 Å². The molecule has 1 aliphatic heterocycles. The van der Waals surface area contributed by atoms with Crippen molar-refractivity contribution in [3.63, 3.8) is 0 Å². The molecule has 25 heavy (non-hydrogen) atoms. The fraction of sp³-hybridized carbons (Fsp3) is 0.118. The van der Waals surface area contributed by atoms with E-state index in [9.17, 15) is 9.90 Å². The number of allylic oxidation sites excluding steroid dienone is 1. The Hall–Kier alpha value is -2.64. The first kappa shape index (κ1) is 17.2. The minimum absolute atomic E-state index is 0.0520. The molecule has 2 heterocycles. The van der Waals surface area contributed by atoms with Crippen molar-refractivity contribution in [1.29, 1.82) is 5.41 Å². The van der Waals surface area contributed by atoms with Gasteiger partial charge in [-0.3, -0.25) is 19.8 Å². The van der Waals surface area contributed by atoms with Crippen molar-refractivity contribution in [3.8, 4) is 11.6 Å². The molecule has 0 aliphatic carbocycles. The molecule has 6 nitrogen and oxygen atoms in total. The minimum Gasteiger partial charge on any atom is -0.494 e. The number of alkyl halides is 1. The van der Waals surface area contributed by atoms with Crippen molar-refractivity contribution in [1.82, 2.24) is 9.55 Å². The Bertz CT molecular complexity index is 1020. The van der Waals surface area contributed by atoms with Gasteiger partial charge in [-0.2, -0.15) is 0 Å². The average Bonchev–Trinajstić information content (AvgIpc) is 2.57. The number of fused-ring (bicyclic) bond motifs is 1. The van der Waals surface area contributed by atoms with E-state index in [1.807, 2.05) is 0 Å². The summed E-state index contributed by atoms with van der Waals surface area (Å²) >= 11 is 11.5. The predicted octanol–water partition coefficient (Wildman–Crippen LogP) is 3.53. The lowest BCUT2D eigenvalue weighted by Gasteiger charge is -2.24. The summed E-state index contributed by atoms with van der Waals surface area (Å²) < 4.78 is 6.86. The lowest BCUT2D eigenvalue weighted by Crippen LogP contribution is -2.22. The van der Waals surface area contributed by atoms with Gasteiger partial charge < -0.3 is 9.84 Å². The highest BCUT2D eigenvalue weighted by Crippen LogP contribution is 2.41. The number of aromatic amines is 1. The van der Waals surface area contributed by atoms with E-state index in [0.29, 0.717) is 11.3 Å². The van der Waals surface area contributed by atoms with Crippen molar-refractivity contribution >= 4 is 35.8 Å². The number of aromatic nitrogens is 2. The summed E-state index contributed by atoms with van der Waals surface area (Å²) in [4.78, 5) is 14.7. The highest BCUT2D eigenvalue weighted by atomic mass is 35.5. The number of hydrogen-bond donors (Lipinski definition) is 3. The van der Waals surface area contributed by atoms with Crippen molar-refractivity contribution in [2.24, 2.45) is 0 Å². The van der Waals surface area contributed by atoms with E-state index >= 15 is 0 Å². The summed E-state index contributed by atoms with van der Waals surface area (Å²) in [7, 11) is 0. The van der Waals surface area contributed by atoms with Gasteiger partial charge in [-0.25, -0.2) is 0 Å². The first-order valence-corrected chi connectivity index (χ1v) is 8.16. The number of rotatable bonds is 3. The van der Waals surface area contributed by atoms with Crippen LogP contribution in [0.25, 0.3) is 6.08 Å². The van der Waals surface area contributed by atoms with Gasteiger partial charge in [-0.1, -0.05) is 24.3 Å². The maximum Gasteiger partial charge on any atom is 0.262 e. The molecular weight excluding hydrogens is 362 g/mol. The van der Waals surface area contributed by atoms with Crippen LogP contribution in [0.3, 0.4) is 0 Å². The molecule has 1 atom stereocenters. The molecule has 2 aromatic rings. The van der Waals surface area contributed by atoms with Gasteiger partial charge in [0.1, 0.15) is 11.3 Å². The molecule has 8 heteroatoms. The van der Waals surface area contributed by atoms with E-state index in [4.69, 9.17) is 34.0 Å². The zero-order chi connectivity index (χ0) is 18.1. The third-order valence-electron chi connectivity index (χ3n) is 3.76. The van der Waals surface area contributed by atoms with Crippen LogP contribution in [-0.4, -0.2) is 20.6 Å². The quantitative estimate of drug-likeness (QED) is 0.435. The molecule has 1 aromatic carbocycles. The zero-order valence-corrected chi connectivity index (χ0v) is 14.5. The Morgan fingerprint density at radius 3 is 2.92 bits per heavy atom. The smallest absolute Gasteiger partial charge is 0.262 e. The topological polar surface area (TPSA) is 91.1 Å². The molecule has 3 rings (SSSR count). The van der Waals surface area contributed by atoms with Crippen LogP contribution >= 0.6 is 23.8 Å². The second kappa shape index (κ2) is 6.70. The molecule has 0 amide bonds. The number of nitrogens with one attached hydrogen (secondary N) is 2. The highest BCUT2D eigenvalue weighted by Gasteiger charge is 2.29. The minimum atomic E-state index is -0.688. The summed E-state index contributed by atoms with van der Waals surface area (Å²) in [5.41, 5.74) is 0.319. The largest absolute Gasteiger partial charge is 0.494 e. The fourth-order valence-corrected chi connectivity index (χ4v) is 3.13. The first-order chi connectivity index (χ1) is 11.9. The number of nitrogens with zero attached hydrogens (tertiary/aromatic N) is 1. The van der Waals surface area contributed by atoms with Gasteiger partial charge in [0.25, 0.3) is 5.56 Å². The molecule has 128 valence electrons. The van der Waals surface area contributed by atoms with E-state index in [1.165, 1.54) is 16.7 Å². The molecule has 1 aliphatic rings. The number of hydrogen-bond acceptors (Lipinski definition) is 5.